The lowest BCUT2D eigenvalue weighted by Crippen LogP contribution is -2.43. The summed E-state index contributed by atoms with van der Waals surface area (Å²) in [5.41, 5.74) is 3.30. The van der Waals surface area contributed by atoms with Gasteiger partial charge in [-0.15, -0.1) is 0 Å². The average Bonchev–Trinajstić information content (AvgIpc) is 2.88. The van der Waals surface area contributed by atoms with Gasteiger partial charge in [-0.25, -0.2) is 4.79 Å². The standard InChI is InChI=1S/C21H30N4O2/c1-15(19-14-22-24(3)16(19)2)23-21(26)25-13-7-5-6-8-20(25)17-9-11-18(27-4)12-10-17/h9-12,14-15,20H,5-8,13H2,1-4H3,(H,23,26)/t15-,20+/m1/s1. The fourth-order valence-corrected chi connectivity index (χ4v) is 3.81. The number of nitrogens with zero attached hydrogens (tertiary/aromatic N) is 3. The quantitative estimate of drug-likeness (QED) is 0.880. The summed E-state index contributed by atoms with van der Waals surface area (Å²) in [6.45, 7) is 4.82. The summed E-state index contributed by atoms with van der Waals surface area (Å²) >= 11 is 0. The van der Waals surface area contributed by atoms with Crippen LogP contribution in [0.15, 0.2) is 30.5 Å². The summed E-state index contributed by atoms with van der Waals surface area (Å²) in [6.07, 6.45) is 6.16. The van der Waals surface area contributed by atoms with E-state index in [2.05, 4.69) is 22.5 Å². The molecule has 27 heavy (non-hydrogen) atoms. The highest BCUT2D eigenvalue weighted by Gasteiger charge is 2.28. The molecule has 1 aliphatic rings. The maximum Gasteiger partial charge on any atom is 0.318 e. The van der Waals surface area contributed by atoms with Crippen molar-refractivity contribution in [3.63, 3.8) is 0 Å². The van der Waals surface area contributed by atoms with Crippen molar-refractivity contribution in [2.24, 2.45) is 7.05 Å². The molecule has 2 atom stereocenters. The summed E-state index contributed by atoms with van der Waals surface area (Å²) in [5.74, 6) is 0.837. The van der Waals surface area contributed by atoms with Gasteiger partial charge in [0.15, 0.2) is 0 Å². The predicted molar refractivity (Wildman–Crippen MR) is 106 cm³/mol. The first-order valence-corrected chi connectivity index (χ1v) is 9.71. The molecule has 1 fully saturated rings. The smallest absolute Gasteiger partial charge is 0.318 e. The third kappa shape index (κ3) is 4.26. The Bertz CT molecular complexity index is 769. The Morgan fingerprint density at radius 1 is 1.26 bits per heavy atom. The minimum Gasteiger partial charge on any atom is -0.497 e. The Hall–Kier alpha value is -2.50. The summed E-state index contributed by atoms with van der Waals surface area (Å²) in [4.78, 5) is 15.1. The number of likely N-dealkylation sites (tertiary alicyclic amines) is 1. The van der Waals surface area contributed by atoms with Crippen LogP contribution in [0.3, 0.4) is 0 Å². The van der Waals surface area contributed by atoms with Gasteiger partial charge >= 0.3 is 6.03 Å². The van der Waals surface area contributed by atoms with E-state index < -0.39 is 0 Å². The summed E-state index contributed by atoms with van der Waals surface area (Å²) in [7, 11) is 3.59. The average molecular weight is 370 g/mol. The number of hydrogen-bond donors (Lipinski definition) is 1. The van der Waals surface area contributed by atoms with Gasteiger partial charge in [-0.1, -0.05) is 25.0 Å². The number of urea groups is 1. The molecule has 6 nitrogen and oxygen atoms in total. The second-order valence-corrected chi connectivity index (χ2v) is 7.31. The molecule has 2 heterocycles. The van der Waals surface area contributed by atoms with Crippen molar-refractivity contribution in [2.75, 3.05) is 13.7 Å². The van der Waals surface area contributed by atoms with Gasteiger partial charge in [-0.05, 0) is 44.4 Å². The van der Waals surface area contributed by atoms with Gasteiger partial charge in [-0.2, -0.15) is 5.10 Å². The first kappa shape index (κ1) is 19.3. The molecule has 146 valence electrons. The number of rotatable bonds is 4. The Kier molecular flexibility index (Phi) is 6.04. The fraction of sp³-hybridized carbons (Fsp3) is 0.524. The van der Waals surface area contributed by atoms with E-state index in [9.17, 15) is 4.79 Å². The molecule has 0 bridgehead atoms. The number of amides is 2. The second kappa shape index (κ2) is 8.46. The molecule has 1 saturated heterocycles. The van der Waals surface area contributed by atoms with E-state index in [1.807, 2.05) is 48.8 Å². The predicted octanol–water partition coefficient (Wildman–Crippen LogP) is 4.13. The summed E-state index contributed by atoms with van der Waals surface area (Å²) < 4.78 is 7.11. The van der Waals surface area contributed by atoms with Crippen molar-refractivity contribution < 1.29 is 9.53 Å². The lowest BCUT2D eigenvalue weighted by Gasteiger charge is -2.32. The molecular weight excluding hydrogens is 340 g/mol. The van der Waals surface area contributed by atoms with Crippen LogP contribution >= 0.6 is 0 Å². The van der Waals surface area contributed by atoms with Crippen molar-refractivity contribution in [1.82, 2.24) is 20.0 Å². The van der Waals surface area contributed by atoms with Crippen molar-refractivity contribution in [3.05, 3.63) is 47.3 Å². The summed E-state index contributed by atoms with van der Waals surface area (Å²) in [5, 5.41) is 7.47. The molecule has 2 amide bonds. The lowest BCUT2D eigenvalue weighted by atomic mass is 10.0. The topological polar surface area (TPSA) is 59.4 Å². The minimum atomic E-state index is -0.0778. The molecular formula is C21H30N4O2. The summed E-state index contributed by atoms with van der Waals surface area (Å²) in [6, 6.07) is 8.10. The molecule has 1 aromatic carbocycles. The van der Waals surface area contributed by atoms with Crippen molar-refractivity contribution >= 4 is 6.03 Å². The normalized spacial score (nSPS) is 18.7. The van der Waals surface area contributed by atoms with Gasteiger partial charge in [0.2, 0.25) is 0 Å². The van der Waals surface area contributed by atoms with Crippen LogP contribution in [0.1, 0.15) is 61.5 Å². The highest BCUT2D eigenvalue weighted by molar-refractivity contribution is 5.75. The molecule has 0 saturated carbocycles. The van der Waals surface area contributed by atoms with Crippen LogP contribution in [0.5, 0.6) is 5.75 Å². The Balaban J connectivity index is 1.77. The molecule has 1 aromatic heterocycles. The number of nitrogens with one attached hydrogen (secondary N) is 1. The fourth-order valence-electron chi connectivity index (χ4n) is 3.81. The van der Waals surface area contributed by atoms with Crippen LogP contribution in [-0.4, -0.2) is 34.4 Å². The van der Waals surface area contributed by atoms with Crippen LogP contribution in [0.4, 0.5) is 4.79 Å². The Labute approximate surface area is 161 Å². The number of hydrogen-bond acceptors (Lipinski definition) is 3. The monoisotopic (exact) mass is 370 g/mol. The first-order valence-electron chi connectivity index (χ1n) is 9.71. The van der Waals surface area contributed by atoms with Crippen molar-refractivity contribution in [1.29, 1.82) is 0 Å². The largest absolute Gasteiger partial charge is 0.497 e. The first-order chi connectivity index (χ1) is 13.0. The zero-order valence-electron chi connectivity index (χ0n) is 16.7. The van der Waals surface area contributed by atoms with Crippen molar-refractivity contribution in [3.8, 4) is 5.75 Å². The van der Waals surface area contributed by atoms with Crippen LogP contribution in [-0.2, 0) is 7.05 Å². The van der Waals surface area contributed by atoms with Crippen LogP contribution in [0.2, 0.25) is 0 Å². The minimum absolute atomic E-state index is 0.00605. The maximum absolute atomic E-state index is 13.1. The van der Waals surface area contributed by atoms with Crippen LogP contribution < -0.4 is 10.1 Å². The highest BCUT2D eigenvalue weighted by Crippen LogP contribution is 2.31. The van der Waals surface area contributed by atoms with Gasteiger partial charge in [0, 0.05) is 24.8 Å². The highest BCUT2D eigenvalue weighted by atomic mass is 16.5. The third-order valence-corrected chi connectivity index (χ3v) is 5.59. The third-order valence-electron chi connectivity index (χ3n) is 5.59. The number of benzene rings is 1. The molecule has 0 spiro atoms. The van der Waals surface area contributed by atoms with Gasteiger partial charge in [0.25, 0.3) is 0 Å². The molecule has 0 radical (unpaired) electrons. The molecule has 0 unspecified atom stereocenters. The van der Waals surface area contributed by atoms with Gasteiger partial charge in [-0.3, -0.25) is 4.68 Å². The molecule has 2 aromatic rings. The maximum atomic E-state index is 13.1. The number of aromatic nitrogens is 2. The molecule has 3 rings (SSSR count). The van der Waals surface area contributed by atoms with E-state index in [4.69, 9.17) is 4.74 Å². The SMILES string of the molecule is COc1ccc([C@@H]2CCCCCN2C(=O)N[C@H](C)c2cnn(C)c2C)cc1. The van der Waals surface area contributed by atoms with Gasteiger partial charge in [0.05, 0.1) is 25.4 Å². The van der Waals surface area contributed by atoms with E-state index >= 15 is 0 Å². The molecule has 6 heteroatoms. The zero-order chi connectivity index (χ0) is 19.4. The van der Waals surface area contributed by atoms with Gasteiger partial charge in [0.1, 0.15) is 5.75 Å². The lowest BCUT2D eigenvalue weighted by molar-refractivity contribution is 0.172. The molecule has 1 aliphatic heterocycles. The Morgan fingerprint density at radius 2 is 2.00 bits per heavy atom. The number of carbonyl (C=O) groups is 1. The van der Waals surface area contributed by atoms with E-state index in [1.165, 1.54) is 0 Å². The Morgan fingerprint density at radius 3 is 2.63 bits per heavy atom. The van der Waals surface area contributed by atoms with Crippen molar-refractivity contribution in [2.45, 2.75) is 51.6 Å². The molecule has 1 N–H and O–H groups in total. The van der Waals surface area contributed by atoms with E-state index in [0.29, 0.717) is 0 Å². The number of ether oxygens (including phenoxy) is 1. The number of methoxy groups -OCH3 is 1. The van der Waals surface area contributed by atoms with E-state index in [0.717, 1.165) is 54.8 Å². The van der Waals surface area contributed by atoms with Gasteiger partial charge < -0.3 is 15.0 Å². The van der Waals surface area contributed by atoms with Crippen LogP contribution in [0, 0.1) is 6.92 Å². The molecule has 0 aliphatic carbocycles. The number of aryl methyl sites for hydroxylation is 1. The number of carbonyl (C=O) groups excluding carboxylic acids is 1. The second-order valence-electron chi connectivity index (χ2n) is 7.31. The van der Waals surface area contributed by atoms with E-state index in [-0.39, 0.29) is 18.1 Å². The van der Waals surface area contributed by atoms with Crippen LogP contribution in [0.25, 0.3) is 0 Å². The zero-order valence-corrected chi connectivity index (χ0v) is 16.7. The van der Waals surface area contributed by atoms with E-state index in [1.54, 1.807) is 7.11 Å².